The number of nitrogens with one attached hydrogen (secondary N) is 2. The minimum Gasteiger partial charge on any atom is -0.379 e. The zero-order chi connectivity index (χ0) is 13.7. The van der Waals surface area contributed by atoms with Gasteiger partial charge in [0.25, 0.3) is 0 Å². The Hall–Kier alpha value is -0.360. The summed E-state index contributed by atoms with van der Waals surface area (Å²) in [5, 5.41) is 6.03. The van der Waals surface area contributed by atoms with Gasteiger partial charge in [-0.1, -0.05) is 0 Å². The molecule has 0 bridgehead atoms. The molecule has 0 aromatic carbocycles. The van der Waals surface area contributed by atoms with E-state index in [1.807, 2.05) is 0 Å². The molecule has 0 aliphatic carbocycles. The van der Waals surface area contributed by atoms with Gasteiger partial charge in [0.05, 0.1) is 19.4 Å². The van der Waals surface area contributed by atoms with Crippen molar-refractivity contribution in [2.75, 3.05) is 39.4 Å². The molecule has 110 valence electrons. The van der Waals surface area contributed by atoms with Gasteiger partial charge in [0.1, 0.15) is 5.38 Å². The maximum atomic E-state index is 11.4. The molecule has 1 amide bonds. The fraction of sp³-hybridized carbons (Fsp3) is 0.923. The first-order chi connectivity index (χ1) is 9.16. The predicted octanol–water partition coefficient (Wildman–Crippen LogP) is 0.388. The van der Waals surface area contributed by atoms with Crippen LogP contribution in [0.25, 0.3) is 0 Å². The first-order valence-electron chi connectivity index (χ1n) is 7.14. The lowest BCUT2D eigenvalue weighted by Gasteiger charge is -2.39. The number of piperidine rings is 1. The Morgan fingerprint density at radius 1 is 1.47 bits per heavy atom. The van der Waals surface area contributed by atoms with Gasteiger partial charge in [0.2, 0.25) is 5.91 Å². The predicted molar refractivity (Wildman–Crippen MR) is 75.2 cm³/mol. The Bertz CT molecular complexity index is 288. The van der Waals surface area contributed by atoms with Crippen LogP contribution in [0.4, 0.5) is 0 Å². The summed E-state index contributed by atoms with van der Waals surface area (Å²) in [6, 6.07) is 0. The summed E-state index contributed by atoms with van der Waals surface area (Å²) < 4.78 is 5.37. The smallest absolute Gasteiger partial charge is 0.237 e. The fourth-order valence-electron chi connectivity index (χ4n) is 2.66. The molecule has 2 aliphatic rings. The molecule has 3 atom stereocenters. The number of hydrogen-bond acceptors (Lipinski definition) is 4. The Morgan fingerprint density at radius 3 is 2.79 bits per heavy atom. The third kappa shape index (κ3) is 4.60. The van der Waals surface area contributed by atoms with Crippen molar-refractivity contribution in [1.29, 1.82) is 0 Å². The van der Waals surface area contributed by atoms with E-state index in [0.29, 0.717) is 12.1 Å². The number of halogens is 1. The Morgan fingerprint density at radius 2 is 2.21 bits per heavy atom. The average Bonchev–Trinajstić information content (AvgIpc) is 2.46. The lowest BCUT2D eigenvalue weighted by atomic mass is 9.97. The summed E-state index contributed by atoms with van der Waals surface area (Å²) in [5.74, 6) is 0.439. The van der Waals surface area contributed by atoms with Gasteiger partial charge in [-0.05, 0) is 25.7 Å². The highest BCUT2D eigenvalue weighted by Gasteiger charge is 2.26. The van der Waals surface area contributed by atoms with E-state index >= 15 is 0 Å². The molecule has 2 heterocycles. The summed E-state index contributed by atoms with van der Waals surface area (Å²) in [5.41, 5.74) is 0. The van der Waals surface area contributed by atoms with E-state index in [1.54, 1.807) is 6.92 Å². The van der Waals surface area contributed by atoms with E-state index in [2.05, 4.69) is 15.5 Å². The minimum atomic E-state index is -0.447. The molecule has 2 fully saturated rings. The maximum Gasteiger partial charge on any atom is 0.237 e. The number of alkyl halides is 1. The number of rotatable bonds is 4. The third-order valence-electron chi connectivity index (χ3n) is 3.90. The maximum absolute atomic E-state index is 11.4. The molecule has 0 spiro atoms. The zero-order valence-corrected chi connectivity index (χ0v) is 12.3. The lowest BCUT2D eigenvalue weighted by molar-refractivity contribution is -0.120. The average molecular weight is 290 g/mol. The van der Waals surface area contributed by atoms with Gasteiger partial charge >= 0.3 is 0 Å². The largest absolute Gasteiger partial charge is 0.379 e. The van der Waals surface area contributed by atoms with Gasteiger partial charge in [0.15, 0.2) is 0 Å². The summed E-state index contributed by atoms with van der Waals surface area (Å²) in [6.45, 7) is 7.09. The van der Waals surface area contributed by atoms with Crippen LogP contribution >= 0.6 is 11.6 Å². The standard InChI is InChI=1S/C13H24ClN3O2/c1-10(14)13(18)16-9-11-2-3-12(15-8-11)17-4-6-19-7-5-17/h10-12,15H,2-9H2,1H3,(H,16,18)/t10-,11-,12+/m0/s1. The highest BCUT2D eigenvalue weighted by Crippen LogP contribution is 2.17. The van der Waals surface area contributed by atoms with Crippen LogP contribution in [0.15, 0.2) is 0 Å². The first kappa shape index (κ1) is 15.0. The number of carbonyl (C=O) groups is 1. The Labute approximate surface area is 120 Å². The molecule has 19 heavy (non-hydrogen) atoms. The zero-order valence-electron chi connectivity index (χ0n) is 11.5. The van der Waals surface area contributed by atoms with Gasteiger partial charge in [-0.15, -0.1) is 11.6 Å². The molecule has 0 saturated carbocycles. The van der Waals surface area contributed by atoms with E-state index in [9.17, 15) is 4.79 Å². The van der Waals surface area contributed by atoms with Crippen molar-refractivity contribution < 1.29 is 9.53 Å². The highest BCUT2D eigenvalue weighted by molar-refractivity contribution is 6.30. The first-order valence-corrected chi connectivity index (χ1v) is 7.57. The van der Waals surface area contributed by atoms with Crippen molar-refractivity contribution in [3.8, 4) is 0 Å². The lowest BCUT2D eigenvalue weighted by Crippen LogP contribution is -2.54. The fourth-order valence-corrected chi connectivity index (χ4v) is 2.74. The summed E-state index contributed by atoms with van der Waals surface area (Å²) >= 11 is 5.72. The van der Waals surface area contributed by atoms with Crippen molar-refractivity contribution in [1.82, 2.24) is 15.5 Å². The third-order valence-corrected chi connectivity index (χ3v) is 4.10. The van der Waals surface area contributed by atoms with Crippen molar-refractivity contribution >= 4 is 17.5 Å². The second-order valence-electron chi connectivity index (χ2n) is 5.38. The van der Waals surface area contributed by atoms with Crippen LogP contribution < -0.4 is 10.6 Å². The number of carbonyl (C=O) groups excluding carboxylic acids is 1. The second-order valence-corrected chi connectivity index (χ2v) is 6.03. The van der Waals surface area contributed by atoms with Crippen molar-refractivity contribution in [3.05, 3.63) is 0 Å². The SMILES string of the molecule is C[C@H](Cl)C(=O)NC[C@H]1CC[C@@H](N2CCOCC2)NC1. The van der Waals surface area contributed by atoms with Crippen molar-refractivity contribution in [2.24, 2.45) is 5.92 Å². The normalized spacial score (nSPS) is 30.8. The van der Waals surface area contributed by atoms with Crippen LogP contribution in [0.1, 0.15) is 19.8 Å². The van der Waals surface area contributed by atoms with Crippen molar-refractivity contribution in [2.45, 2.75) is 31.3 Å². The molecule has 2 saturated heterocycles. The van der Waals surface area contributed by atoms with Crippen LogP contribution in [0.2, 0.25) is 0 Å². The second kappa shape index (κ2) is 7.43. The van der Waals surface area contributed by atoms with Gasteiger partial charge in [-0.25, -0.2) is 0 Å². The molecular formula is C13H24ClN3O2. The molecule has 2 rings (SSSR count). The van der Waals surface area contributed by atoms with E-state index < -0.39 is 5.38 Å². The summed E-state index contributed by atoms with van der Waals surface area (Å²) in [6.07, 6.45) is 2.76. The van der Waals surface area contributed by atoms with Crippen LogP contribution in [-0.2, 0) is 9.53 Å². The number of hydrogen-bond donors (Lipinski definition) is 2. The van der Waals surface area contributed by atoms with Gasteiger partial charge < -0.3 is 15.4 Å². The van der Waals surface area contributed by atoms with E-state index in [0.717, 1.165) is 52.2 Å². The quantitative estimate of drug-likeness (QED) is 0.735. The van der Waals surface area contributed by atoms with Crippen LogP contribution in [0.3, 0.4) is 0 Å². The number of amides is 1. The molecule has 5 nitrogen and oxygen atoms in total. The number of ether oxygens (including phenoxy) is 1. The molecule has 0 radical (unpaired) electrons. The van der Waals surface area contributed by atoms with Crippen LogP contribution in [-0.4, -0.2) is 61.7 Å². The van der Waals surface area contributed by atoms with Crippen LogP contribution in [0.5, 0.6) is 0 Å². The molecule has 2 aliphatic heterocycles. The minimum absolute atomic E-state index is 0.0723. The molecule has 2 N–H and O–H groups in total. The number of morpholine rings is 1. The van der Waals surface area contributed by atoms with E-state index in [4.69, 9.17) is 16.3 Å². The number of nitrogens with zero attached hydrogens (tertiary/aromatic N) is 1. The summed E-state index contributed by atoms with van der Waals surface area (Å²) in [7, 11) is 0. The molecular weight excluding hydrogens is 266 g/mol. The monoisotopic (exact) mass is 289 g/mol. The molecule has 6 heteroatoms. The van der Waals surface area contributed by atoms with E-state index in [-0.39, 0.29) is 5.91 Å². The topological polar surface area (TPSA) is 53.6 Å². The van der Waals surface area contributed by atoms with Gasteiger partial charge in [0, 0.05) is 26.2 Å². The Balaban J connectivity index is 1.66. The highest BCUT2D eigenvalue weighted by atomic mass is 35.5. The van der Waals surface area contributed by atoms with Crippen LogP contribution in [0, 0.1) is 5.92 Å². The van der Waals surface area contributed by atoms with Gasteiger partial charge in [-0.2, -0.15) is 0 Å². The molecule has 0 unspecified atom stereocenters. The Kier molecular flexibility index (Phi) is 5.88. The summed E-state index contributed by atoms with van der Waals surface area (Å²) in [4.78, 5) is 13.9. The molecule has 0 aromatic heterocycles. The molecule has 0 aromatic rings. The van der Waals surface area contributed by atoms with Gasteiger partial charge in [-0.3, -0.25) is 9.69 Å². The van der Waals surface area contributed by atoms with E-state index in [1.165, 1.54) is 0 Å². The van der Waals surface area contributed by atoms with Crippen molar-refractivity contribution in [3.63, 3.8) is 0 Å².